The Morgan fingerprint density at radius 1 is 1.38 bits per heavy atom. The monoisotopic (exact) mass is 262 g/mol. The molecule has 0 aliphatic heterocycles. The Bertz CT molecular complexity index is 363. The van der Waals surface area contributed by atoms with Gasteiger partial charge in [0.15, 0.2) is 0 Å². The molecular formula is C13H17Cl2F. The van der Waals surface area contributed by atoms with E-state index in [1.165, 1.54) is 6.07 Å². The lowest BCUT2D eigenvalue weighted by Crippen LogP contribution is -2.28. The third kappa shape index (κ3) is 2.89. The van der Waals surface area contributed by atoms with Crippen molar-refractivity contribution in [3.05, 3.63) is 34.6 Å². The zero-order valence-corrected chi connectivity index (χ0v) is 11.4. The molecule has 1 unspecified atom stereocenters. The summed E-state index contributed by atoms with van der Waals surface area (Å²) in [6.45, 7) is 6.34. The van der Waals surface area contributed by atoms with Crippen LogP contribution in [0.15, 0.2) is 18.2 Å². The Morgan fingerprint density at radius 2 is 2.00 bits per heavy atom. The van der Waals surface area contributed by atoms with Gasteiger partial charge in [-0.25, -0.2) is 4.39 Å². The highest BCUT2D eigenvalue weighted by molar-refractivity contribution is 6.31. The molecule has 1 aromatic rings. The van der Waals surface area contributed by atoms with Gasteiger partial charge in [-0.3, -0.25) is 0 Å². The maximum atomic E-state index is 13.3. The molecule has 0 bridgehead atoms. The summed E-state index contributed by atoms with van der Waals surface area (Å²) in [5.74, 6) is 0.599. The van der Waals surface area contributed by atoms with E-state index in [2.05, 4.69) is 20.8 Å². The van der Waals surface area contributed by atoms with E-state index in [4.69, 9.17) is 23.2 Å². The molecule has 0 heterocycles. The number of alkyl halides is 1. The summed E-state index contributed by atoms with van der Waals surface area (Å²) >= 11 is 12.0. The normalized spacial score (nSPS) is 15.2. The maximum Gasteiger partial charge on any atom is 0.142 e. The average Bonchev–Trinajstić information content (AvgIpc) is 2.24. The molecule has 0 saturated carbocycles. The SMILES string of the molecule is CC(C)C(C)(CCl)Cc1cccc(F)c1Cl. The van der Waals surface area contributed by atoms with Crippen LogP contribution in [0.4, 0.5) is 4.39 Å². The Balaban J connectivity index is 2.99. The van der Waals surface area contributed by atoms with Crippen LogP contribution in [0, 0.1) is 17.2 Å². The fourth-order valence-electron chi connectivity index (χ4n) is 1.53. The Hall–Kier alpha value is -0.270. The van der Waals surface area contributed by atoms with E-state index in [-0.39, 0.29) is 16.3 Å². The smallest absolute Gasteiger partial charge is 0.142 e. The number of hydrogen-bond donors (Lipinski definition) is 0. The number of hydrogen-bond acceptors (Lipinski definition) is 0. The van der Waals surface area contributed by atoms with Crippen molar-refractivity contribution < 1.29 is 4.39 Å². The van der Waals surface area contributed by atoms with Gasteiger partial charge in [-0.1, -0.05) is 44.5 Å². The molecule has 1 atom stereocenters. The van der Waals surface area contributed by atoms with Crippen molar-refractivity contribution in [2.24, 2.45) is 11.3 Å². The quantitative estimate of drug-likeness (QED) is 0.676. The number of benzene rings is 1. The predicted octanol–water partition coefficient (Wildman–Crippen LogP) is 4.92. The molecule has 0 fully saturated rings. The lowest BCUT2D eigenvalue weighted by Gasteiger charge is -2.32. The van der Waals surface area contributed by atoms with Gasteiger partial charge >= 0.3 is 0 Å². The van der Waals surface area contributed by atoms with Crippen molar-refractivity contribution in [2.75, 3.05) is 5.88 Å². The summed E-state index contributed by atoms with van der Waals surface area (Å²) < 4.78 is 13.3. The van der Waals surface area contributed by atoms with Gasteiger partial charge in [0, 0.05) is 5.88 Å². The summed E-state index contributed by atoms with van der Waals surface area (Å²) in [5.41, 5.74) is 0.775. The number of halogens is 3. The molecule has 1 aromatic carbocycles. The van der Waals surface area contributed by atoms with Crippen molar-refractivity contribution in [2.45, 2.75) is 27.2 Å². The minimum absolute atomic E-state index is 0.0566. The molecule has 0 nitrogen and oxygen atoms in total. The molecule has 16 heavy (non-hydrogen) atoms. The molecule has 0 aliphatic carbocycles. The molecule has 0 N–H and O–H groups in total. The molecule has 3 heteroatoms. The van der Waals surface area contributed by atoms with Crippen LogP contribution in [0.2, 0.25) is 5.02 Å². The molecule has 0 spiro atoms. The summed E-state index contributed by atoms with van der Waals surface area (Å²) in [6, 6.07) is 4.92. The van der Waals surface area contributed by atoms with Gasteiger partial charge < -0.3 is 0 Å². The molecule has 0 amide bonds. The third-order valence-corrected chi connectivity index (χ3v) is 4.36. The first kappa shape index (κ1) is 13.8. The first-order valence-electron chi connectivity index (χ1n) is 5.39. The topological polar surface area (TPSA) is 0 Å². The summed E-state index contributed by atoms with van der Waals surface area (Å²) in [5, 5.41) is 0.222. The first-order chi connectivity index (χ1) is 7.40. The van der Waals surface area contributed by atoms with Crippen LogP contribution in [0.1, 0.15) is 26.3 Å². The van der Waals surface area contributed by atoms with Crippen molar-refractivity contribution in [3.8, 4) is 0 Å². The highest BCUT2D eigenvalue weighted by atomic mass is 35.5. The second kappa shape index (κ2) is 5.37. The standard InChI is InChI=1S/C13H17Cl2F/c1-9(2)13(3,8-14)7-10-5-4-6-11(16)12(10)15/h4-6,9H,7-8H2,1-3H3. The molecule has 1 rings (SSSR count). The van der Waals surface area contributed by atoms with Crippen molar-refractivity contribution in [1.29, 1.82) is 0 Å². The predicted molar refractivity (Wildman–Crippen MR) is 68.8 cm³/mol. The second-order valence-electron chi connectivity index (χ2n) is 4.83. The van der Waals surface area contributed by atoms with Crippen LogP contribution in [-0.4, -0.2) is 5.88 Å². The van der Waals surface area contributed by atoms with Crippen LogP contribution in [0.25, 0.3) is 0 Å². The van der Waals surface area contributed by atoms with Gasteiger partial charge in [-0.05, 0) is 29.4 Å². The number of rotatable bonds is 4. The van der Waals surface area contributed by atoms with Crippen LogP contribution in [0.3, 0.4) is 0 Å². The van der Waals surface area contributed by atoms with E-state index in [1.54, 1.807) is 6.07 Å². The molecule has 0 saturated heterocycles. The largest absolute Gasteiger partial charge is 0.205 e. The van der Waals surface area contributed by atoms with Gasteiger partial charge in [-0.2, -0.15) is 0 Å². The van der Waals surface area contributed by atoms with Crippen molar-refractivity contribution >= 4 is 23.2 Å². The van der Waals surface area contributed by atoms with Crippen LogP contribution in [0.5, 0.6) is 0 Å². The van der Waals surface area contributed by atoms with E-state index in [0.29, 0.717) is 18.2 Å². The van der Waals surface area contributed by atoms with Crippen LogP contribution < -0.4 is 0 Å². The van der Waals surface area contributed by atoms with E-state index >= 15 is 0 Å². The second-order valence-corrected chi connectivity index (χ2v) is 5.48. The fraction of sp³-hybridized carbons (Fsp3) is 0.538. The first-order valence-corrected chi connectivity index (χ1v) is 6.31. The van der Waals surface area contributed by atoms with Crippen LogP contribution >= 0.6 is 23.2 Å². The Kier molecular flexibility index (Phi) is 4.63. The zero-order valence-electron chi connectivity index (χ0n) is 9.86. The summed E-state index contributed by atoms with van der Waals surface area (Å²) in [4.78, 5) is 0. The third-order valence-electron chi connectivity index (χ3n) is 3.32. The highest BCUT2D eigenvalue weighted by Crippen LogP contribution is 2.35. The van der Waals surface area contributed by atoms with E-state index in [9.17, 15) is 4.39 Å². The van der Waals surface area contributed by atoms with Gasteiger partial charge in [-0.15, -0.1) is 11.6 Å². The van der Waals surface area contributed by atoms with E-state index in [1.807, 2.05) is 6.07 Å². The van der Waals surface area contributed by atoms with Crippen molar-refractivity contribution in [3.63, 3.8) is 0 Å². The zero-order chi connectivity index (χ0) is 12.3. The van der Waals surface area contributed by atoms with E-state index in [0.717, 1.165) is 5.56 Å². The van der Waals surface area contributed by atoms with E-state index < -0.39 is 0 Å². The minimum Gasteiger partial charge on any atom is -0.205 e. The maximum absolute atomic E-state index is 13.3. The average molecular weight is 263 g/mol. The Morgan fingerprint density at radius 3 is 2.50 bits per heavy atom. The summed E-state index contributed by atoms with van der Waals surface area (Å²) in [6.07, 6.45) is 0.699. The fourth-order valence-corrected chi connectivity index (χ4v) is 2.12. The molecule has 0 aliphatic rings. The molecular weight excluding hydrogens is 246 g/mol. The lowest BCUT2D eigenvalue weighted by molar-refractivity contribution is 0.253. The molecule has 0 radical (unpaired) electrons. The van der Waals surface area contributed by atoms with Gasteiger partial charge in [0.1, 0.15) is 5.82 Å². The Labute approximate surface area is 107 Å². The van der Waals surface area contributed by atoms with Gasteiger partial charge in [0.05, 0.1) is 5.02 Å². The van der Waals surface area contributed by atoms with Gasteiger partial charge in [0.2, 0.25) is 0 Å². The van der Waals surface area contributed by atoms with Crippen molar-refractivity contribution in [1.82, 2.24) is 0 Å². The molecule has 0 aromatic heterocycles. The molecule has 90 valence electrons. The van der Waals surface area contributed by atoms with Gasteiger partial charge in [0.25, 0.3) is 0 Å². The highest BCUT2D eigenvalue weighted by Gasteiger charge is 2.28. The minimum atomic E-state index is -0.361. The van der Waals surface area contributed by atoms with Crippen LogP contribution in [-0.2, 0) is 6.42 Å². The lowest BCUT2D eigenvalue weighted by atomic mass is 9.76. The summed E-state index contributed by atoms with van der Waals surface area (Å²) in [7, 11) is 0.